The van der Waals surface area contributed by atoms with E-state index in [9.17, 15) is 18.0 Å². The van der Waals surface area contributed by atoms with Crippen molar-refractivity contribution in [3.05, 3.63) is 69.4 Å². The number of benzene rings is 1. The number of rotatable bonds is 4. The summed E-state index contributed by atoms with van der Waals surface area (Å²) in [5.41, 5.74) is 0.776. The first-order valence-electron chi connectivity index (χ1n) is 9.44. The number of aromatic nitrogens is 4. The SMILES string of the molecule is Cc1c(N2CCN(S(=O)(=O)c3cnc[nH]3)CC2)c(=O)n(C)c(=O)n1-c1ccccc1. The maximum atomic E-state index is 12.9. The molecule has 11 heteroatoms. The van der Waals surface area contributed by atoms with Gasteiger partial charge in [-0.3, -0.25) is 13.9 Å². The number of para-hydroxylation sites is 1. The lowest BCUT2D eigenvalue weighted by Gasteiger charge is -2.35. The van der Waals surface area contributed by atoms with Gasteiger partial charge >= 0.3 is 5.69 Å². The predicted octanol–water partition coefficient (Wildman–Crippen LogP) is 0.0786. The number of hydrogen-bond donors (Lipinski definition) is 1. The van der Waals surface area contributed by atoms with Crippen LogP contribution in [-0.2, 0) is 17.1 Å². The molecule has 0 amide bonds. The summed E-state index contributed by atoms with van der Waals surface area (Å²) < 4.78 is 29.3. The minimum absolute atomic E-state index is 0.0423. The van der Waals surface area contributed by atoms with Crippen LogP contribution < -0.4 is 16.1 Å². The molecular weight excluding hydrogens is 408 g/mol. The Balaban J connectivity index is 1.69. The van der Waals surface area contributed by atoms with Crippen LogP contribution in [0.4, 0.5) is 5.69 Å². The molecule has 1 saturated heterocycles. The molecule has 0 bridgehead atoms. The molecule has 3 heterocycles. The molecule has 1 aliphatic rings. The minimum Gasteiger partial charge on any atom is -0.363 e. The van der Waals surface area contributed by atoms with Gasteiger partial charge < -0.3 is 9.88 Å². The van der Waals surface area contributed by atoms with E-state index in [1.165, 1.54) is 28.4 Å². The standard InChI is InChI=1S/C19H22N6O4S/c1-14-17(18(26)22(2)19(27)25(14)15-6-4-3-5-7-15)23-8-10-24(11-9-23)30(28,29)16-12-20-13-21-16/h3-7,12-13H,8-11H2,1-2H3,(H,20,21). The van der Waals surface area contributed by atoms with E-state index in [0.717, 1.165) is 4.57 Å². The Kier molecular flexibility index (Phi) is 5.08. The van der Waals surface area contributed by atoms with Gasteiger partial charge in [-0.1, -0.05) is 18.2 Å². The number of hydrogen-bond acceptors (Lipinski definition) is 6. The molecule has 0 saturated carbocycles. The summed E-state index contributed by atoms with van der Waals surface area (Å²) in [5.74, 6) is 0. The van der Waals surface area contributed by atoms with Gasteiger partial charge in [-0.25, -0.2) is 18.2 Å². The summed E-state index contributed by atoms with van der Waals surface area (Å²) >= 11 is 0. The van der Waals surface area contributed by atoms with E-state index in [-0.39, 0.29) is 18.1 Å². The van der Waals surface area contributed by atoms with Crippen LogP contribution in [-0.4, -0.2) is 58.0 Å². The van der Waals surface area contributed by atoms with E-state index in [2.05, 4.69) is 9.97 Å². The third-order valence-electron chi connectivity index (χ3n) is 5.32. The third-order valence-corrected chi connectivity index (χ3v) is 7.15. The van der Waals surface area contributed by atoms with E-state index in [1.807, 2.05) is 23.1 Å². The van der Waals surface area contributed by atoms with E-state index in [0.29, 0.717) is 30.2 Å². The summed E-state index contributed by atoms with van der Waals surface area (Å²) in [6, 6.07) is 9.11. The molecule has 1 aliphatic heterocycles. The zero-order valence-electron chi connectivity index (χ0n) is 16.6. The van der Waals surface area contributed by atoms with Crippen molar-refractivity contribution >= 4 is 15.7 Å². The zero-order valence-corrected chi connectivity index (χ0v) is 17.5. The highest BCUT2D eigenvalue weighted by Crippen LogP contribution is 2.21. The number of nitrogens with zero attached hydrogens (tertiary/aromatic N) is 5. The molecule has 0 atom stereocenters. The molecule has 0 radical (unpaired) electrons. The van der Waals surface area contributed by atoms with Crippen molar-refractivity contribution in [2.24, 2.45) is 7.05 Å². The van der Waals surface area contributed by atoms with Crippen molar-refractivity contribution in [1.29, 1.82) is 0 Å². The van der Waals surface area contributed by atoms with Gasteiger partial charge in [0.2, 0.25) is 0 Å². The van der Waals surface area contributed by atoms with Crippen molar-refractivity contribution in [2.75, 3.05) is 31.1 Å². The minimum atomic E-state index is -3.66. The smallest absolute Gasteiger partial charge is 0.335 e. The van der Waals surface area contributed by atoms with E-state index in [4.69, 9.17) is 0 Å². The molecular formula is C19H22N6O4S. The molecule has 10 nitrogen and oxygen atoms in total. The Morgan fingerprint density at radius 3 is 2.30 bits per heavy atom. The molecule has 1 fully saturated rings. The number of piperazine rings is 1. The van der Waals surface area contributed by atoms with Crippen LogP contribution in [0.15, 0.2) is 57.5 Å². The van der Waals surface area contributed by atoms with Gasteiger partial charge in [-0.15, -0.1) is 0 Å². The lowest BCUT2D eigenvalue weighted by Crippen LogP contribution is -2.52. The highest BCUT2D eigenvalue weighted by Gasteiger charge is 2.31. The van der Waals surface area contributed by atoms with E-state index < -0.39 is 21.3 Å². The average Bonchev–Trinajstić information content (AvgIpc) is 3.29. The maximum absolute atomic E-state index is 12.9. The first kappa shape index (κ1) is 20.1. The molecule has 2 aromatic heterocycles. The maximum Gasteiger partial charge on any atom is 0.335 e. The van der Waals surface area contributed by atoms with Crippen molar-refractivity contribution in [2.45, 2.75) is 11.9 Å². The molecule has 0 spiro atoms. The van der Waals surface area contributed by atoms with Crippen LogP contribution >= 0.6 is 0 Å². The third kappa shape index (κ3) is 3.25. The monoisotopic (exact) mass is 430 g/mol. The number of sulfonamides is 1. The van der Waals surface area contributed by atoms with Crippen LogP contribution in [0.1, 0.15) is 5.69 Å². The summed E-state index contributed by atoms with van der Waals surface area (Å²) in [7, 11) is -2.21. The van der Waals surface area contributed by atoms with Crippen molar-refractivity contribution in [1.82, 2.24) is 23.4 Å². The number of nitrogens with one attached hydrogen (secondary N) is 1. The molecule has 0 aliphatic carbocycles. The quantitative estimate of drug-likeness (QED) is 0.627. The fourth-order valence-electron chi connectivity index (χ4n) is 3.72. The second-order valence-electron chi connectivity index (χ2n) is 7.06. The van der Waals surface area contributed by atoms with Crippen LogP contribution in [0.5, 0.6) is 0 Å². The van der Waals surface area contributed by atoms with Crippen LogP contribution in [0, 0.1) is 6.92 Å². The fraction of sp³-hybridized carbons (Fsp3) is 0.316. The Morgan fingerprint density at radius 1 is 1.03 bits per heavy atom. The van der Waals surface area contributed by atoms with Gasteiger partial charge in [-0.05, 0) is 19.1 Å². The predicted molar refractivity (Wildman–Crippen MR) is 112 cm³/mol. The summed E-state index contributed by atoms with van der Waals surface area (Å²) in [6.07, 6.45) is 2.60. The normalized spacial score (nSPS) is 15.5. The Morgan fingerprint density at radius 2 is 1.70 bits per heavy atom. The molecule has 30 heavy (non-hydrogen) atoms. The fourth-order valence-corrected chi connectivity index (χ4v) is 5.04. The summed E-state index contributed by atoms with van der Waals surface area (Å²) in [5, 5.41) is 0.0423. The van der Waals surface area contributed by atoms with Crippen LogP contribution in [0.25, 0.3) is 5.69 Å². The van der Waals surface area contributed by atoms with E-state index in [1.54, 1.807) is 19.1 Å². The van der Waals surface area contributed by atoms with Gasteiger partial charge in [-0.2, -0.15) is 4.31 Å². The Labute approximate surface area is 173 Å². The highest BCUT2D eigenvalue weighted by atomic mass is 32.2. The topological polar surface area (TPSA) is 113 Å². The molecule has 3 aromatic rings. The average molecular weight is 430 g/mol. The summed E-state index contributed by atoms with van der Waals surface area (Å²) in [4.78, 5) is 33.9. The van der Waals surface area contributed by atoms with Gasteiger partial charge in [0, 0.05) is 33.2 Å². The van der Waals surface area contributed by atoms with Gasteiger partial charge in [0.15, 0.2) is 5.03 Å². The van der Waals surface area contributed by atoms with Crippen LogP contribution in [0.2, 0.25) is 0 Å². The number of imidazole rings is 1. The lowest BCUT2D eigenvalue weighted by molar-refractivity contribution is 0.382. The molecule has 4 rings (SSSR count). The largest absolute Gasteiger partial charge is 0.363 e. The van der Waals surface area contributed by atoms with Gasteiger partial charge in [0.05, 0.1) is 23.9 Å². The molecule has 158 valence electrons. The van der Waals surface area contributed by atoms with Gasteiger partial charge in [0.25, 0.3) is 15.6 Å². The number of H-pyrrole nitrogens is 1. The first-order valence-corrected chi connectivity index (χ1v) is 10.9. The Hall–Kier alpha value is -3.18. The first-order chi connectivity index (χ1) is 14.3. The molecule has 1 N–H and O–H groups in total. The van der Waals surface area contributed by atoms with Crippen molar-refractivity contribution < 1.29 is 8.42 Å². The van der Waals surface area contributed by atoms with Crippen molar-refractivity contribution in [3.63, 3.8) is 0 Å². The number of anilines is 1. The lowest BCUT2D eigenvalue weighted by atomic mass is 10.2. The van der Waals surface area contributed by atoms with Crippen molar-refractivity contribution in [3.8, 4) is 5.69 Å². The second kappa shape index (κ2) is 7.58. The zero-order chi connectivity index (χ0) is 21.5. The second-order valence-corrected chi connectivity index (χ2v) is 8.97. The Bertz CT molecular complexity index is 1270. The number of aromatic amines is 1. The molecule has 0 unspecified atom stereocenters. The van der Waals surface area contributed by atoms with Gasteiger partial charge in [0.1, 0.15) is 5.69 Å². The van der Waals surface area contributed by atoms with Crippen LogP contribution in [0.3, 0.4) is 0 Å². The summed E-state index contributed by atoms with van der Waals surface area (Å²) in [6.45, 7) is 2.83. The van der Waals surface area contributed by atoms with E-state index >= 15 is 0 Å². The highest BCUT2D eigenvalue weighted by molar-refractivity contribution is 7.89. The molecule has 1 aromatic carbocycles.